The summed E-state index contributed by atoms with van der Waals surface area (Å²) in [6.45, 7) is 1.61. The Balaban J connectivity index is 1.84. The summed E-state index contributed by atoms with van der Waals surface area (Å²) >= 11 is 0. The number of hydrogen-bond donors (Lipinski definition) is 2. The number of nitrogens with zero attached hydrogens (tertiary/aromatic N) is 1. The fraction of sp³-hybridized carbons (Fsp3) is 0.429. The van der Waals surface area contributed by atoms with Crippen molar-refractivity contribution in [2.75, 3.05) is 13.1 Å². The van der Waals surface area contributed by atoms with Crippen LogP contribution >= 0.6 is 0 Å². The van der Waals surface area contributed by atoms with Crippen LogP contribution < -0.4 is 11.1 Å². The minimum absolute atomic E-state index is 0.130. The zero-order chi connectivity index (χ0) is 13.7. The number of nitrogens with two attached hydrogens (primary N) is 1. The molecule has 1 fully saturated rings. The number of carbonyl (C=O) groups excluding carboxylic acids is 2. The van der Waals surface area contributed by atoms with Crippen LogP contribution in [0.5, 0.6) is 0 Å². The van der Waals surface area contributed by atoms with E-state index < -0.39 is 0 Å². The van der Waals surface area contributed by atoms with Gasteiger partial charge in [0.1, 0.15) is 0 Å². The molecular formula is C14H19N3O2. The predicted octanol–water partition coefficient (Wildman–Crippen LogP) is 1.09. The van der Waals surface area contributed by atoms with Crippen LogP contribution in [-0.2, 0) is 11.3 Å². The molecule has 5 nitrogen and oxygen atoms in total. The third-order valence-corrected chi connectivity index (χ3v) is 3.40. The zero-order valence-corrected chi connectivity index (χ0v) is 10.8. The Kier molecular flexibility index (Phi) is 4.39. The minimum atomic E-state index is -0.319. The van der Waals surface area contributed by atoms with Gasteiger partial charge >= 0.3 is 6.03 Å². The van der Waals surface area contributed by atoms with Crippen molar-refractivity contribution in [3.63, 3.8) is 0 Å². The van der Waals surface area contributed by atoms with Gasteiger partial charge < -0.3 is 16.0 Å². The van der Waals surface area contributed by atoms with E-state index in [4.69, 9.17) is 5.73 Å². The lowest BCUT2D eigenvalue weighted by molar-refractivity contribution is -0.123. The molecule has 102 valence electrons. The first-order valence-corrected chi connectivity index (χ1v) is 6.53. The number of urea groups is 1. The molecule has 1 aliphatic rings. The lowest BCUT2D eigenvalue weighted by Gasteiger charge is -2.31. The number of piperidine rings is 1. The maximum Gasteiger partial charge on any atom is 0.317 e. The van der Waals surface area contributed by atoms with E-state index in [1.54, 1.807) is 4.90 Å². The summed E-state index contributed by atoms with van der Waals surface area (Å²) in [7, 11) is 0. The predicted molar refractivity (Wildman–Crippen MR) is 72.2 cm³/mol. The van der Waals surface area contributed by atoms with Gasteiger partial charge in [0.15, 0.2) is 0 Å². The molecule has 1 saturated heterocycles. The standard InChI is InChI=1S/C14H19N3O2/c15-13(18)12-7-4-8-17(10-12)14(19)16-9-11-5-2-1-3-6-11/h1-3,5-6,12H,4,7-10H2,(H2,15,18)(H,16,19). The lowest BCUT2D eigenvalue weighted by atomic mass is 9.98. The van der Waals surface area contributed by atoms with Gasteiger partial charge in [-0.1, -0.05) is 30.3 Å². The van der Waals surface area contributed by atoms with Crippen LogP contribution in [0.3, 0.4) is 0 Å². The van der Waals surface area contributed by atoms with Gasteiger partial charge in [0.2, 0.25) is 5.91 Å². The van der Waals surface area contributed by atoms with Gasteiger partial charge in [-0.25, -0.2) is 4.79 Å². The first-order valence-electron chi connectivity index (χ1n) is 6.53. The van der Waals surface area contributed by atoms with Crippen LogP contribution in [0.25, 0.3) is 0 Å². The molecule has 3 N–H and O–H groups in total. The van der Waals surface area contributed by atoms with Crippen molar-refractivity contribution in [2.45, 2.75) is 19.4 Å². The summed E-state index contributed by atoms with van der Waals surface area (Å²) in [5, 5.41) is 2.86. The Morgan fingerprint density at radius 3 is 2.74 bits per heavy atom. The van der Waals surface area contributed by atoms with Crippen LogP contribution in [0.2, 0.25) is 0 Å². The van der Waals surface area contributed by atoms with Crippen molar-refractivity contribution in [2.24, 2.45) is 11.7 Å². The van der Waals surface area contributed by atoms with E-state index in [0.29, 0.717) is 19.6 Å². The average Bonchev–Trinajstić information content (AvgIpc) is 2.46. The lowest BCUT2D eigenvalue weighted by Crippen LogP contribution is -2.47. The van der Waals surface area contributed by atoms with E-state index in [0.717, 1.165) is 18.4 Å². The average molecular weight is 261 g/mol. The monoisotopic (exact) mass is 261 g/mol. The molecule has 3 amide bonds. The number of carbonyl (C=O) groups is 2. The molecule has 0 spiro atoms. The van der Waals surface area contributed by atoms with Crippen molar-refractivity contribution in [1.29, 1.82) is 0 Å². The van der Waals surface area contributed by atoms with E-state index in [2.05, 4.69) is 5.32 Å². The van der Waals surface area contributed by atoms with Gasteiger partial charge in [0.25, 0.3) is 0 Å². The maximum absolute atomic E-state index is 12.0. The van der Waals surface area contributed by atoms with Crippen LogP contribution in [0.4, 0.5) is 4.79 Å². The van der Waals surface area contributed by atoms with Crippen molar-refractivity contribution in [3.8, 4) is 0 Å². The second-order valence-electron chi connectivity index (χ2n) is 4.83. The molecule has 2 rings (SSSR count). The van der Waals surface area contributed by atoms with Gasteiger partial charge in [-0.3, -0.25) is 4.79 Å². The molecule has 0 saturated carbocycles. The zero-order valence-electron chi connectivity index (χ0n) is 10.8. The molecule has 19 heavy (non-hydrogen) atoms. The van der Waals surface area contributed by atoms with Crippen LogP contribution in [0.15, 0.2) is 30.3 Å². The molecule has 0 bridgehead atoms. The Hall–Kier alpha value is -2.04. The first-order chi connectivity index (χ1) is 9.16. The molecule has 1 unspecified atom stereocenters. The van der Waals surface area contributed by atoms with Gasteiger partial charge in [0.05, 0.1) is 5.92 Å². The number of likely N-dealkylation sites (tertiary alicyclic amines) is 1. The second-order valence-corrected chi connectivity index (χ2v) is 4.83. The second kappa shape index (κ2) is 6.22. The number of nitrogens with one attached hydrogen (secondary N) is 1. The summed E-state index contributed by atoms with van der Waals surface area (Å²) in [5.41, 5.74) is 6.35. The van der Waals surface area contributed by atoms with Gasteiger partial charge in [-0.2, -0.15) is 0 Å². The van der Waals surface area contributed by atoms with E-state index in [1.807, 2.05) is 30.3 Å². The molecule has 1 heterocycles. The summed E-state index contributed by atoms with van der Waals surface area (Å²) in [6.07, 6.45) is 1.60. The molecule has 1 aliphatic heterocycles. The normalized spacial score (nSPS) is 18.9. The van der Waals surface area contributed by atoms with E-state index >= 15 is 0 Å². The van der Waals surface area contributed by atoms with E-state index in [9.17, 15) is 9.59 Å². The Morgan fingerprint density at radius 1 is 1.32 bits per heavy atom. The van der Waals surface area contributed by atoms with Crippen molar-refractivity contribution in [3.05, 3.63) is 35.9 Å². The van der Waals surface area contributed by atoms with Crippen molar-refractivity contribution in [1.82, 2.24) is 10.2 Å². The highest BCUT2D eigenvalue weighted by atomic mass is 16.2. The maximum atomic E-state index is 12.0. The van der Waals surface area contributed by atoms with E-state index in [-0.39, 0.29) is 17.9 Å². The topological polar surface area (TPSA) is 75.4 Å². The molecule has 0 radical (unpaired) electrons. The summed E-state index contributed by atoms with van der Waals surface area (Å²) < 4.78 is 0. The van der Waals surface area contributed by atoms with Crippen LogP contribution in [0.1, 0.15) is 18.4 Å². The highest BCUT2D eigenvalue weighted by Gasteiger charge is 2.26. The third kappa shape index (κ3) is 3.71. The fourth-order valence-corrected chi connectivity index (χ4v) is 2.28. The summed E-state index contributed by atoms with van der Waals surface area (Å²) in [6, 6.07) is 9.60. The van der Waals surface area contributed by atoms with Crippen LogP contribution in [0, 0.1) is 5.92 Å². The summed E-state index contributed by atoms with van der Waals surface area (Å²) in [5.74, 6) is -0.531. The molecule has 0 aromatic heterocycles. The molecule has 1 atom stereocenters. The Morgan fingerprint density at radius 2 is 2.05 bits per heavy atom. The first kappa shape index (κ1) is 13.4. The molecule has 5 heteroatoms. The number of benzene rings is 1. The quantitative estimate of drug-likeness (QED) is 0.854. The highest BCUT2D eigenvalue weighted by Crippen LogP contribution is 2.15. The number of primary amides is 1. The molecule has 1 aromatic carbocycles. The molecule has 0 aliphatic carbocycles. The largest absolute Gasteiger partial charge is 0.369 e. The number of rotatable bonds is 3. The number of hydrogen-bond acceptors (Lipinski definition) is 2. The van der Waals surface area contributed by atoms with Gasteiger partial charge in [-0.05, 0) is 18.4 Å². The Bertz CT molecular complexity index is 447. The Labute approximate surface area is 112 Å². The molecular weight excluding hydrogens is 242 g/mol. The van der Waals surface area contributed by atoms with E-state index in [1.165, 1.54) is 0 Å². The van der Waals surface area contributed by atoms with Crippen molar-refractivity contribution < 1.29 is 9.59 Å². The number of amides is 3. The minimum Gasteiger partial charge on any atom is -0.369 e. The smallest absolute Gasteiger partial charge is 0.317 e. The summed E-state index contributed by atoms with van der Waals surface area (Å²) in [4.78, 5) is 24.8. The van der Waals surface area contributed by atoms with Crippen LogP contribution in [-0.4, -0.2) is 29.9 Å². The fourth-order valence-electron chi connectivity index (χ4n) is 2.28. The third-order valence-electron chi connectivity index (χ3n) is 3.40. The molecule has 1 aromatic rings. The SMILES string of the molecule is NC(=O)C1CCCN(C(=O)NCc2ccccc2)C1. The van der Waals surface area contributed by atoms with Crippen molar-refractivity contribution >= 4 is 11.9 Å². The highest BCUT2D eigenvalue weighted by molar-refractivity contribution is 5.79. The van der Waals surface area contributed by atoms with Gasteiger partial charge in [0, 0.05) is 19.6 Å². The van der Waals surface area contributed by atoms with Gasteiger partial charge in [-0.15, -0.1) is 0 Å².